The van der Waals surface area contributed by atoms with E-state index in [2.05, 4.69) is 0 Å². The van der Waals surface area contributed by atoms with Gasteiger partial charge in [0.25, 0.3) is 5.56 Å². The SMILES string of the molecule is CCn1c(O)c(C(=O)C(c2ccccc2)c2ccccc2)c(C)c(C#N)c1=O. The number of hydrogen-bond acceptors (Lipinski definition) is 4. The van der Waals surface area contributed by atoms with Crippen molar-refractivity contribution in [3.8, 4) is 11.9 Å². The number of ketones is 1. The fraction of sp³-hybridized carbons (Fsp3) is 0.174. The number of aromatic hydroxyl groups is 1. The molecule has 3 aromatic rings. The average Bonchev–Trinajstić information content (AvgIpc) is 2.70. The minimum absolute atomic E-state index is 0.00991. The number of rotatable bonds is 5. The van der Waals surface area contributed by atoms with Crippen molar-refractivity contribution in [1.82, 2.24) is 4.57 Å². The van der Waals surface area contributed by atoms with Crippen molar-refractivity contribution < 1.29 is 9.90 Å². The highest BCUT2D eigenvalue weighted by molar-refractivity contribution is 6.06. The van der Waals surface area contributed by atoms with Gasteiger partial charge in [-0.25, -0.2) is 0 Å². The van der Waals surface area contributed by atoms with Crippen LogP contribution >= 0.6 is 0 Å². The molecular formula is C23H20N2O3. The van der Waals surface area contributed by atoms with Gasteiger partial charge >= 0.3 is 0 Å². The van der Waals surface area contributed by atoms with Crippen molar-refractivity contribution in [3.05, 3.63) is 98.8 Å². The van der Waals surface area contributed by atoms with E-state index in [4.69, 9.17) is 0 Å². The lowest BCUT2D eigenvalue weighted by Crippen LogP contribution is -2.27. The van der Waals surface area contributed by atoms with Crippen molar-refractivity contribution in [1.29, 1.82) is 5.26 Å². The van der Waals surface area contributed by atoms with Crippen LogP contribution in [0.25, 0.3) is 0 Å². The molecular weight excluding hydrogens is 352 g/mol. The molecule has 0 saturated carbocycles. The molecule has 0 unspecified atom stereocenters. The molecule has 0 atom stereocenters. The largest absolute Gasteiger partial charge is 0.494 e. The molecule has 1 aromatic heterocycles. The topological polar surface area (TPSA) is 83.1 Å². The monoisotopic (exact) mass is 372 g/mol. The summed E-state index contributed by atoms with van der Waals surface area (Å²) < 4.78 is 1.06. The van der Waals surface area contributed by atoms with Crippen LogP contribution in [0, 0.1) is 18.3 Å². The Morgan fingerprint density at radius 1 is 1.07 bits per heavy atom. The normalized spacial score (nSPS) is 10.6. The molecule has 0 amide bonds. The van der Waals surface area contributed by atoms with Crippen LogP contribution in [0.2, 0.25) is 0 Å². The molecule has 2 aromatic carbocycles. The summed E-state index contributed by atoms with van der Waals surface area (Å²) in [6.07, 6.45) is 0. The molecule has 0 aliphatic rings. The molecule has 0 bridgehead atoms. The Hall–Kier alpha value is -3.65. The maximum atomic E-state index is 13.7. The highest BCUT2D eigenvalue weighted by Crippen LogP contribution is 2.33. The van der Waals surface area contributed by atoms with Gasteiger partial charge in [-0.2, -0.15) is 5.26 Å². The van der Waals surface area contributed by atoms with Gasteiger partial charge in [0, 0.05) is 6.54 Å². The fourth-order valence-electron chi connectivity index (χ4n) is 3.47. The number of nitriles is 1. The Morgan fingerprint density at radius 2 is 1.57 bits per heavy atom. The minimum Gasteiger partial charge on any atom is -0.494 e. The third-order valence-corrected chi connectivity index (χ3v) is 4.89. The van der Waals surface area contributed by atoms with Crippen LogP contribution in [0.15, 0.2) is 65.5 Å². The number of pyridine rings is 1. The molecule has 28 heavy (non-hydrogen) atoms. The minimum atomic E-state index is -0.665. The summed E-state index contributed by atoms with van der Waals surface area (Å²) in [7, 11) is 0. The van der Waals surface area contributed by atoms with Gasteiger partial charge in [0.15, 0.2) is 5.78 Å². The Labute approximate surface area is 163 Å². The highest BCUT2D eigenvalue weighted by atomic mass is 16.3. The van der Waals surface area contributed by atoms with Gasteiger partial charge in [-0.05, 0) is 30.5 Å². The molecule has 0 fully saturated rings. The predicted molar refractivity (Wildman–Crippen MR) is 107 cm³/mol. The predicted octanol–water partition coefficient (Wildman–Crippen LogP) is 3.77. The molecule has 0 spiro atoms. The molecule has 1 heterocycles. The van der Waals surface area contributed by atoms with E-state index in [-0.39, 0.29) is 29.0 Å². The van der Waals surface area contributed by atoms with Gasteiger partial charge in [0.05, 0.1) is 11.5 Å². The fourth-order valence-corrected chi connectivity index (χ4v) is 3.47. The van der Waals surface area contributed by atoms with Crippen molar-refractivity contribution in [2.45, 2.75) is 26.3 Å². The number of nitrogens with zero attached hydrogens (tertiary/aromatic N) is 2. The molecule has 1 N–H and O–H groups in total. The summed E-state index contributed by atoms with van der Waals surface area (Å²) in [5, 5.41) is 20.1. The van der Waals surface area contributed by atoms with Crippen LogP contribution in [0.5, 0.6) is 5.88 Å². The van der Waals surface area contributed by atoms with Crippen LogP contribution in [-0.4, -0.2) is 15.5 Å². The number of benzene rings is 2. The first-order valence-electron chi connectivity index (χ1n) is 9.01. The van der Waals surface area contributed by atoms with E-state index in [1.54, 1.807) is 6.92 Å². The maximum Gasteiger partial charge on any atom is 0.271 e. The summed E-state index contributed by atoms with van der Waals surface area (Å²) in [6, 6.07) is 20.4. The average molecular weight is 372 g/mol. The standard InChI is InChI=1S/C23H20N2O3/c1-3-25-22(27)18(14-24)15(2)19(23(25)28)21(26)20(16-10-6-4-7-11-16)17-12-8-5-9-13-17/h4-13,20,28H,3H2,1-2H3. The number of carbonyl (C=O) groups is 1. The Bertz CT molecular complexity index is 1070. The van der Waals surface area contributed by atoms with E-state index in [1.165, 1.54) is 6.92 Å². The van der Waals surface area contributed by atoms with Crippen LogP contribution in [0.1, 0.15) is 45.5 Å². The van der Waals surface area contributed by atoms with Gasteiger partial charge in [-0.15, -0.1) is 0 Å². The Morgan fingerprint density at radius 3 is 2.00 bits per heavy atom. The van der Waals surface area contributed by atoms with Crippen LogP contribution in [0.3, 0.4) is 0 Å². The third-order valence-electron chi connectivity index (χ3n) is 4.89. The molecule has 0 aliphatic carbocycles. The van der Waals surface area contributed by atoms with E-state index in [1.807, 2.05) is 66.7 Å². The first kappa shape index (κ1) is 19.1. The number of aromatic nitrogens is 1. The number of hydrogen-bond donors (Lipinski definition) is 1. The van der Waals surface area contributed by atoms with Gasteiger partial charge < -0.3 is 5.11 Å². The smallest absolute Gasteiger partial charge is 0.271 e. The molecule has 5 nitrogen and oxygen atoms in total. The first-order valence-corrected chi connectivity index (χ1v) is 9.01. The van der Waals surface area contributed by atoms with Crippen molar-refractivity contribution in [3.63, 3.8) is 0 Å². The van der Waals surface area contributed by atoms with Crippen LogP contribution in [-0.2, 0) is 6.54 Å². The highest BCUT2D eigenvalue weighted by Gasteiger charge is 2.30. The second-order valence-corrected chi connectivity index (χ2v) is 6.48. The van der Waals surface area contributed by atoms with Crippen molar-refractivity contribution >= 4 is 5.78 Å². The molecule has 0 aliphatic heterocycles. The summed E-state index contributed by atoms with van der Waals surface area (Å²) in [4.78, 5) is 26.1. The van der Waals surface area contributed by atoms with Crippen molar-refractivity contribution in [2.75, 3.05) is 0 Å². The summed E-state index contributed by atoms with van der Waals surface area (Å²) in [5.74, 6) is -1.42. The van der Waals surface area contributed by atoms with Gasteiger partial charge in [-0.1, -0.05) is 60.7 Å². The van der Waals surface area contributed by atoms with E-state index < -0.39 is 17.4 Å². The molecule has 5 heteroatoms. The summed E-state index contributed by atoms with van der Waals surface area (Å²) >= 11 is 0. The van der Waals surface area contributed by atoms with Gasteiger partial charge in [0.1, 0.15) is 11.6 Å². The van der Waals surface area contributed by atoms with Gasteiger partial charge in [-0.3, -0.25) is 14.2 Å². The second-order valence-electron chi connectivity index (χ2n) is 6.48. The number of carbonyl (C=O) groups excluding carboxylic acids is 1. The third kappa shape index (κ3) is 3.21. The molecule has 0 saturated heterocycles. The zero-order valence-electron chi connectivity index (χ0n) is 15.7. The van der Waals surface area contributed by atoms with E-state index in [0.29, 0.717) is 0 Å². The molecule has 140 valence electrons. The van der Waals surface area contributed by atoms with E-state index in [0.717, 1.165) is 15.7 Å². The Kier molecular flexibility index (Phi) is 5.42. The lowest BCUT2D eigenvalue weighted by molar-refractivity contribution is 0.0969. The number of Topliss-reactive ketones (excluding diaryl/α,β-unsaturated/α-hetero) is 1. The summed E-state index contributed by atoms with van der Waals surface area (Å²) in [6.45, 7) is 3.36. The zero-order chi connectivity index (χ0) is 20.3. The quantitative estimate of drug-likeness (QED) is 0.691. The summed E-state index contributed by atoms with van der Waals surface area (Å²) in [5.41, 5.74) is 1.04. The molecule has 3 rings (SSSR count). The van der Waals surface area contributed by atoms with Gasteiger partial charge in [0.2, 0.25) is 5.88 Å². The second kappa shape index (κ2) is 7.93. The van der Waals surface area contributed by atoms with Crippen LogP contribution in [0.4, 0.5) is 0 Å². The first-order chi connectivity index (χ1) is 13.5. The van der Waals surface area contributed by atoms with E-state index >= 15 is 0 Å². The lowest BCUT2D eigenvalue weighted by Gasteiger charge is -2.20. The van der Waals surface area contributed by atoms with E-state index in [9.17, 15) is 20.0 Å². The zero-order valence-corrected chi connectivity index (χ0v) is 15.7. The Balaban J connectivity index is 2.29. The lowest BCUT2D eigenvalue weighted by atomic mass is 9.83. The maximum absolute atomic E-state index is 13.7. The van der Waals surface area contributed by atoms with Crippen molar-refractivity contribution in [2.24, 2.45) is 0 Å². The van der Waals surface area contributed by atoms with Crippen LogP contribution < -0.4 is 5.56 Å². The molecule has 0 radical (unpaired) electrons.